The number of rotatable bonds is 2. The summed E-state index contributed by atoms with van der Waals surface area (Å²) in [5, 5.41) is 4.03. The monoisotopic (exact) mass is 248 g/mol. The molecule has 0 saturated carbocycles. The van der Waals surface area contributed by atoms with Crippen LogP contribution in [0.4, 0.5) is 0 Å². The van der Waals surface area contributed by atoms with E-state index in [4.69, 9.17) is 0 Å². The summed E-state index contributed by atoms with van der Waals surface area (Å²) in [7, 11) is 0. The molecule has 0 spiro atoms. The fourth-order valence-electron chi connectivity index (χ4n) is 1.36. The van der Waals surface area contributed by atoms with Gasteiger partial charge in [0, 0.05) is 17.8 Å². The standard InChI is InChI=1S/C11H12N4OS/c1-11(2,3)10-9(17-15-14-10)8(16)7-6-12-4-5-13-7/h4-6H,1-3H3. The lowest BCUT2D eigenvalue weighted by Gasteiger charge is -2.15. The topological polar surface area (TPSA) is 68.6 Å². The van der Waals surface area contributed by atoms with Gasteiger partial charge in [-0.3, -0.25) is 9.78 Å². The molecule has 5 nitrogen and oxygen atoms in total. The SMILES string of the molecule is CC(C)(C)c1nnsc1C(=O)c1cnccn1. The molecule has 0 N–H and O–H groups in total. The van der Waals surface area contributed by atoms with E-state index in [1.807, 2.05) is 20.8 Å². The van der Waals surface area contributed by atoms with E-state index in [2.05, 4.69) is 19.6 Å². The summed E-state index contributed by atoms with van der Waals surface area (Å²) in [5.74, 6) is -0.168. The molecule has 88 valence electrons. The molecule has 2 rings (SSSR count). The lowest BCUT2D eigenvalue weighted by molar-refractivity contribution is 0.103. The fourth-order valence-corrected chi connectivity index (χ4v) is 2.19. The van der Waals surface area contributed by atoms with Gasteiger partial charge in [0.15, 0.2) is 0 Å². The summed E-state index contributed by atoms with van der Waals surface area (Å²) in [4.78, 5) is 20.6. The molecule has 0 radical (unpaired) electrons. The minimum atomic E-state index is -0.208. The van der Waals surface area contributed by atoms with Crippen molar-refractivity contribution >= 4 is 17.3 Å². The molecule has 0 fully saturated rings. The summed E-state index contributed by atoms with van der Waals surface area (Å²) < 4.78 is 3.86. The smallest absolute Gasteiger partial charge is 0.226 e. The molecular formula is C11H12N4OS. The molecular weight excluding hydrogens is 236 g/mol. The highest BCUT2D eigenvalue weighted by atomic mass is 32.1. The summed E-state index contributed by atoms with van der Waals surface area (Å²) in [6.07, 6.45) is 4.49. The number of carbonyl (C=O) groups is 1. The number of nitrogens with zero attached hydrogens (tertiary/aromatic N) is 4. The van der Waals surface area contributed by atoms with Crippen LogP contribution in [0.2, 0.25) is 0 Å². The highest BCUT2D eigenvalue weighted by Gasteiger charge is 2.27. The van der Waals surface area contributed by atoms with Gasteiger partial charge < -0.3 is 0 Å². The van der Waals surface area contributed by atoms with Crippen molar-refractivity contribution in [1.82, 2.24) is 19.6 Å². The number of aromatic nitrogens is 4. The maximum Gasteiger partial charge on any atom is 0.226 e. The molecule has 0 aliphatic heterocycles. The van der Waals surface area contributed by atoms with Crippen molar-refractivity contribution < 1.29 is 4.79 Å². The van der Waals surface area contributed by atoms with Crippen molar-refractivity contribution in [3.63, 3.8) is 0 Å². The molecule has 0 unspecified atom stereocenters. The van der Waals surface area contributed by atoms with Gasteiger partial charge in [0.1, 0.15) is 10.6 Å². The first kappa shape index (κ1) is 11.8. The lowest BCUT2D eigenvalue weighted by Crippen LogP contribution is -2.17. The Balaban J connectivity index is 2.43. The molecule has 6 heteroatoms. The normalized spacial score (nSPS) is 11.5. The molecule has 0 aromatic carbocycles. The number of carbonyl (C=O) groups excluding carboxylic acids is 1. The molecule has 2 heterocycles. The molecule has 0 amide bonds. The second-order valence-electron chi connectivity index (χ2n) is 4.62. The van der Waals surface area contributed by atoms with E-state index < -0.39 is 0 Å². The Morgan fingerprint density at radius 2 is 2.06 bits per heavy atom. The Labute approximate surface area is 103 Å². The summed E-state index contributed by atoms with van der Waals surface area (Å²) in [6, 6.07) is 0. The average Bonchev–Trinajstić information content (AvgIpc) is 2.78. The number of ketones is 1. The van der Waals surface area contributed by atoms with E-state index >= 15 is 0 Å². The molecule has 0 bridgehead atoms. The predicted octanol–water partition coefficient (Wildman–Crippen LogP) is 1.86. The quantitative estimate of drug-likeness (QED) is 0.759. The van der Waals surface area contributed by atoms with Gasteiger partial charge in [0.05, 0.1) is 11.9 Å². The maximum atomic E-state index is 12.2. The van der Waals surface area contributed by atoms with Gasteiger partial charge >= 0.3 is 0 Å². The number of hydrogen-bond donors (Lipinski definition) is 0. The van der Waals surface area contributed by atoms with E-state index in [1.54, 1.807) is 0 Å². The largest absolute Gasteiger partial charge is 0.286 e. The van der Waals surface area contributed by atoms with E-state index in [-0.39, 0.29) is 11.2 Å². The summed E-state index contributed by atoms with van der Waals surface area (Å²) >= 11 is 1.10. The molecule has 0 aliphatic carbocycles. The van der Waals surface area contributed by atoms with Crippen molar-refractivity contribution in [2.75, 3.05) is 0 Å². The molecule has 17 heavy (non-hydrogen) atoms. The third-order valence-electron chi connectivity index (χ3n) is 2.20. The van der Waals surface area contributed by atoms with Gasteiger partial charge in [0.25, 0.3) is 0 Å². The van der Waals surface area contributed by atoms with Gasteiger partial charge in [-0.25, -0.2) is 4.98 Å². The van der Waals surface area contributed by atoms with Crippen LogP contribution in [0.25, 0.3) is 0 Å². The third-order valence-corrected chi connectivity index (χ3v) is 2.93. The maximum absolute atomic E-state index is 12.2. The van der Waals surface area contributed by atoms with Crippen molar-refractivity contribution in [3.8, 4) is 0 Å². The Bertz CT molecular complexity index is 530. The van der Waals surface area contributed by atoms with Gasteiger partial charge in [0.2, 0.25) is 5.78 Å². The first-order chi connectivity index (χ1) is 8.00. The zero-order valence-electron chi connectivity index (χ0n) is 9.84. The van der Waals surface area contributed by atoms with E-state index in [0.29, 0.717) is 16.3 Å². The summed E-state index contributed by atoms with van der Waals surface area (Å²) in [5.41, 5.74) is 0.822. The number of hydrogen-bond acceptors (Lipinski definition) is 6. The highest BCUT2D eigenvalue weighted by molar-refractivity contribution is 7.08. The minimum absolute atomic E-state index is 0.168. The second-order valence-corrected chi connectivity index (χ2v) is 5.37. The van der Waals surface area contributed by atoms with Crippen molar-refractivity contribution in [1.29, 1.82) is 0 Å². The zero-order valence-corrected chi connectivity index (χ0v) is 10.7. The van der Waals surface area contributed by atoms with Gasteiger partial charge in [-0.05, 0) is 11.5 Å². The third kappa shape index (κ3) is 2.36. The average molecular weight is 248 g/mol. The fraction of sp³-hybridized carbons (Fsp3) is 0.364. The van der Waals surface area contributed by atoms with E-state index in [9.17, 15) is 4.79 Å². The first-order valence-electron chi connectivity index (χ1n) is 5.13. The van der Waals surface area contributed by atoms with Crippen LogP contribution in [0.1, 0.15) is 41.8 Å². The van der Waals surface area contributed by atoms with Gasteiger partial charge in [-0.2, -0.15) is 0 Å². The lowest BCUT2D eigenvalue weighted by atomic mass is 9.90. The van der Waals surface area contributed by atoms with Crippen molar-refractivity contribution in [3.05, 3.63) is 34.9 Å². The highest BCUT2D eigenvalue weighted by Crippen LogP contribution is 2.27. The van der Waals surface area contributed by atoms with Crippen LogP contribution < -0.4 is 0 Å². The van der Waals surface area contributed by atoms with Crippen LogP contribution >= 0.6 is 11.5 Å². The Kier molecular flexibility index (Phi) is 2.97. The van der Waals surface area contributed by atoms with Crippen molar-refractivity contribution in [2.45, 2.75) is 26.2 Å². The minimum Gasteiger partial charge on any atom is -0.286 e. The van der Waals surface area contributed by atoms with E-state index in [0.717, 1.165) is 11.5 Å². The van der Waals surface area contributed by atoms with Crippen LogP contribution in [-0.2, 0) is 5.41 Å². The molecule has 2 aromatic heterocycles. The molecule has 0 saturated heterocycles. The molecule has 2 aromatic rings. The Hall–Kier alpha value is -1.69. The predicted molar refractivity (Wildman–Crippen MR) is 64.1 cm³/mol. The van der Waals surface area contributed by atoms with Gasteiger partial charge in [-0.1, -0.05) is 25.3 Å². The van der Waals surface area contributed by atoms with Crippen LogP contribution in [-0.4, -0.2) is 25.3 Å². The van der Waals surface area contributed by atoms with Crippen molar-refractivity contribution in [2.24, 2.45) is 0 Å². The Morgan fingerprint density at radius 3 is 2.65 bits per heavy atom. The van der Waals surface area contributed by atoms with Crippen LogP contribution in [0.15, 0.2) is 18.6 Å². The van der Waals surface area contributed by atoms with Gasteiger partial charge in [-0.15, -0.1) is 5.10 Å². The molecule has 0 atom stereocenters. The second kappa shape index (κ2) is 4.29. The van der Waals surface area contributed by atoms with Crippen LogP contribution in [0, 0.1) is 0 Å². The molecule has 0 aliphatic rings. The Morgan fingerprint density at radius 1 is 1.29 bits per heavy atom. The summed E-state index contributed by atoms with van der Waals surface area (Å²) in [6.45, 7) is 5.99. The van der Waals surface area contributed by atoms with Crippen LogP contribution in [0.5, 0.6) is 0 Å². The zero-order chi connectivity index (χ0) is 12.5. The first-order valence-corrected chi connectivity index (χ1v) is 5.91. The van der Waals surface area contributed by atoms with E-state index in [1.165, 1.54) is 18.6 Å². The van der Waals surface area contributed by atoms with Crippen LogP contribution in [0.3, 0.4) is 0 Å².